The average molecular weight is 395 g/mol. The van der Waals surface area contributed by atoms with Crippen LogP contribution in [-0.4, -0.2) is 62.9 Å². The number of hydrogen-bond donors (Lipinski definition) is 1. The Morgan fingerprint density at radius 2 is 1.90 bits per heavy atom. The maximum absolute atomic E-state index is 12.7. The van der Waals surface area contributed by atoms with Crippen molar-refractivity contribution in [1.29, 1.82) is 0 Å². The van der Waals surface area contributed by atoms with Gasteiger partial charge < -0.3 is 5.32 Å². The average Bonchev–Trinajstić information content (AvgIpc) is 2.79. The molecular weight excluding hydrogens is 364 g/mol. The number of carbonyl (C=O) groups is 1. The molecule has 2 aliphatic rings. The van der Waals surface area contributed by atoms with Crippen LogP contribution < -0.4 is 5.32 Å². The number of nitrogens with zero attached hydrogens (tertiary/aromatic N) is 5. The molecule has 0 bridgehead atoms. The van der Waals surface area contributed by atoms with Gasteiger partial charge in [-0.1, -0.05) is 6.07 Å². The second kappa shape index (κ2) is 9.89. The Balaban J connectivity index is 1.23. The highest BCUT2D eigenvalue weighted by Crippen LogP contribution is 2.24. The number of piperidine rings is 2. The molecule has 4 rings (SSSR count). The van der Waals surface area contributed by atoms with Gasteiger partial charge in [0.1, 0.15) is 5.82 Å². The second-order valence-electron chi connectivity index (χ2n) is 8.09. The summed E-state index contributed by atoms with van der Waals surface area (Å²) in [5.41, 5.74) is 1.04. The molecule has 0 saturated carbocycles. The quantitative estimate of drug-likeness (QED) is 0.806. The summed E-state index contributed by atoms with van der Waals surface area (Å²) in [6, 6.07) is 6.33. The lowest BCUT2D eigenvalue weighted by Gasteiger charge is -2.41. The van der Waals surface area contributed by atoms with Crippen molar-refractivity contribution in [3.8, 4) is 0 Å². The Bertz CT molecular complexity index is 763. The highest BCUT2D eigenvalue weighted by atomic mass is 16.1. The standard InChI is InChI=1S/C22H30N6O/c29-22(26-15-18-4-1-8-23-14-18)19-5-2-11-28(16-19)20-6-12-27(13-7-20)17-21-24-9-3-10-25-21/h1,3-4,8-10,14,19-20H,2,5-7,11-13,15-17H2,(H,26,29). The summed E-state index contributed by atoms with van der Waals surface area (Å²) in [5, 5.41) is 3.10. The molecular formula is C22H30N6O. The summed E-state index contributed by atoms with van der Waals surface area (Å²) in [6.07, 6.45) is 11.6. The predicted octanol–water partition coefficient (Wildman–Crippen LogP) is 1.86. The lowest BCUT2D eigenvalue weighted by molar-refractivity contribution is -0.127. The minimum absolute atomic E-state index is 0.0937. The highest BCUT2D eigenvalue weighted by Gasteiger charge is 2.31. The zero-order chi connectivity index (χ0) is 19.9. The number of carbonyl (C=O) groups excluding carboxylic acids is 1. The fourth-order valence-electron chi connectivity index (χ4n) is 4.44. The molecule has 29 heavy (non-hydrogen) atoms. The lowest BCUT2D eigenvalue weighted by Crippen LogP contribution is -2.50. The van der Waals surface area contributed by atoms with Crippen molar-refractivity contribution in [2.24, 2.45) is 5.92 Å². The van der Waals surface area contributed by atoms with E-state index in [4.69, 9.17) is 0 Å². The van der Waals surface area contributed by atoms with Gasteiger partial charge in [-0.25, -0.2) is 9.97 Å². The number of amides is 1. The SMILES string of the molecule is O=C(NCc1cccnc1)C1CCCN(C2CCN(Cc3ncccn3)CC2)C1. The molecule has 2 fully saturated rings. The molecule has 7 heteroatoms. The molecule has 154 valence electrons. The van der Waals surface area contributed by atoms with Gasteiger partial charge in [-0.3, -0.25) is 19.6 Å². The first-order valence-electron chi connectivity index (χ1n) is 10.7. The van der Waals surface area contributed by atoms with Crippen molar-refractivity contribution >= 4 is 5.91 Å². The first-order valence-corrected chi connectivity index (χ1v) is 10.7. The van der Waals surface area contributed by atoms with Crippen LogP contribution in [0.5, 0.6) is 0 Å². The van der Waals surface area contributed by atoms with E-state index in [-0.39, 0.29) is 11.8 Å². The normalized spacial score (nSPS) is 21.7. The molecule has 4 heterocycles. The van der Waals surface area contributed by atoms with E-state index in [9.17, 15) is 4.79 Å². The van der Waals surface area contributed by atoms with Crippen LogP contribution in [0.2, 0.25) is 0 Å². The van der Waals surface area contributed by atoms with Crippen molar-refractivity contribution in [3.05, 3.63) is 54.4 Å². The zero-order valence-corrected chi connectivity index (χ0v) is 16.9. The van der Waals surface area contributed by atoms with E-state index in [2.05, 4.69) is 30.1 Å². The van der Waals surface area contributed by atoms with Crippen LogP contribution in [0.25, 0.3) is 0 Å². The summed E-state index contributed by atoms with van der Waals surface area (Å²) in [7, 11) is 0. The number of nitrogens with one attached hydrogen (secondary N) is 1. The highest BCUT2D eigenvalue weighted by molar-refractivity contribution is 5.78. The Morgan fingerprint density at radius 1 is 1.07 bits per heavy atom. The van der Waals surface area contributed by atoms with E-state index in [1.807, 2.05) is 36.8 Å². The van der Waals surface area contributed by atoms with Crippen molar-refractivity contribution in [1.82, 2.24) is 30.1 Å². The van der Waals surface area contributed by atoms with E-state index in [1.165, 1.54) is 0 Å². The monoisotopic (exact) mass is 394 g/mol. The summed E-state index contributed by atoms with van der Waals surface area (Å²) in [5.74, 6) is 1.17. The molecule has 2 aromatic heterocycles. The Hall–Kier alpha value is -2.38. The first kappa shape index (κ1) is 19.9. The number of hydrogen-bond acceptors (Lipinski definition) is 6. The fourth-order valence-corrected chi connectivity index (χ4v) is 4.44. The molecule has 2 aliphatic heterocycles. The smallest absolute Gasteiger partial charge is 0.224 e. The maximum Gasteiger partial charge on any atom is 0.224 e. The van der Waals surface area contributed by atoms with E-state index < -0.39 is 0 Å². The Kier molecular flexibility index (Phi) is 6.79. The minimum Gasteiger partial charge on any atom is -0.352 e. The van der Waals surface area contributed by atoms with Gasteiger partial charge in [0, 0.05) is 57.0 Å². The van der Waals surface area contributed by atoms with Crippen LogP contribution in [-0.2, 0) is 17.9 Å². The third-order valence-electron chi connectivity index (χ3n) is 6.07. The number of likely N-dealkylation sites (tertiary alicyclic amines) is 2. The topological polar surface area (TPSA) is 74.2 Å². The fraction of sp³-hybridized carbons (Fsp3) is 0.545. The van der Waals surface area contributed by atoms with Crippen LogP contribution in [0.3, 0.4) is 0 Å². The Labute approximate surface area is 172 Å². The van der Waals surface area contributed by atoms with Crippen LogP contribution >= 0.6 is 0 Å². The summed E-state index contributed by atoms with van der Waals surface area (Å²) in [4.78, 5) is 30.4. The molecule has 1 amide bonds. The van der Waals surface area contributed by atoms with Crippen LogP contribution in [0.1, 0.15) is 37.1 Å². The van der Waals surface area contributed by atoms with Crippen molar-refractivity contribution < 1.29 is 4.79 Å². The third-order valence-corrected chi connectivity index (χ3v) is 6.07. The molecule has 0 aliphatic carbocycles. The largest absolute Gasteiger partial charge is 0.352 e. The van der Waals surface area contributed by atoms with E-state index in [0.717, 1.165) is 69.8 Å². The predicted molar refractivity (Wildman–Crippen MR) is 111 cm³/mol. The van der Waals surface area contributed by atoms with Crippen molar-refractivity contribution in [2.45, 2.75) is 44.8 Å². The van der Waals surface area contributed by atoms with Crippen molar-refractivity contribution in [2.75, 3.05) is 26.2 Å². The van der Waals surface area contributed by atoms with Gasteiger partial charge in [0.25, 0.3) is 0 Å². The van der Waals surface area contributed by atoms with Gasteiger partial charge in [-0.2, -0.15) is 0 Å². The molecule has 2 saturated heterocycles. The van der Waals surface area contributed by atoms with Crippen LogP contribution in [0, 0.1) is 5.92 Å². The molecule has 1 N–H and O–H groups in total. The van der Waals surface area contributed by atoms with Crippen molar-refractivity contribution in [3.63, 3.8) is 0 Å². The van der Waals surface area contributed by atoms with Crippen LogP contribution in [0.15, 0.2) is 43.0 Å². The van der Waals surface area contributed by atoms with E-state index >= 15 is 0 Å². The third kappa shape index (κ3) is 5.58. The van der Waals surface area contributed by atoms with Gasteiger partial charge in [0.2, 0.25) is 5.91 Å². The summed E-state index contributed by atoms with van der Waals surface area (Å²) < 4.78 is 0. The summed E-state index contributed by atoms with van der Waals surface area (Å²) >= 11 is 0. The van der Waals surface area contributed by atoms with Gasteiger partial charge in [-0.15, -0.1) is 0 Å². The van der Waals surface area contributed by atoms with Crippen LogP contribution in [0.4, 0.5) is 0 Å². The number of pyridine rings is 1. The molecule has 7 nitrogen and oxygen atoms in total. The second-order valence-corrected chi connectivity index (χ2v) is 8.09. The minimum atomic E-state index is 0.0937. The lowest BCUT2D eigenvalue weighted by atomic mass is 9.93. The molecule has 1 unspecified atom stereocenters. The van der Waals surface area contributed by atoms with Gasteiger partial charge in [-0.05, 0) is 49.9 Å². The van der Waals surface area contributed by atoms with E-state index in [0.29, 0.717) is 12.6 Å². The van der Waals surface area contributed by atoms with Gasteiger partial charge in [0.15, 0.2) is 0 Å². The summed E-state index contributed by atoms with van der Waals surface area (Å²) in [6.45, 7) is 5.51. The molecule has 0 radical (unpaired) electrons. The zero-order valence-electron chi connectivity index (χ0n) is 16.9. The number of rotatable bonds is 6. The first-order chi connectivity index (χ1) is 14.3. The van der Waals surface area contributed by atoms with Gasteiger partial charge >= 0.3 is 0 Å². The molecule has 2 aromatic rings. The number of aromatic nitrogens is 3. The van der Waals surface area contributed by atoms with Gasteiger partial charge in [0.05, 0.1) is 12.5 Å². The maximum atomic E-state index is 12.7. The molecule has 0 spiro atoms. The Morgan fingerprint density at radius 3 is 2.66 bits per heavy atom. The van der Waals surface area contributed by atoms with E-state index in [1.54, 1.807) is 6.20 Å². The molecule has 1 atom stereocenters. The molecule has 0 aromatic carbocycles.